The van der Waals surface area contributed by atoms with Crippen LogP contribution in [0.1, 0.15) is 30.6 Å². The monoisotopic (exact) mass is 361 g/mol. The summed E-state index contributed by atoms with van der Waals surface area (Å²) >= 11 is 1.68. The first-order chi connectivity index (χ1) is 12.1. The molecule has 134 valence electrons. The quantitative estimate of drug-likeness (QED) is 0.480. The molecule has 3 heterocycles. The summed E-state index contributed by atoms with van der Waals surface area (Å²) < 4.78 is 0. The summed E-state index contributed by atoms with van der Waals surface area (Å²) in [6, 6.07) is 3.24. The van der Waals surface area contributed by atoms with E-state index in [9.17, 15) is 9.59 Å². The van der Waals surface area contributed by atoms with Gasteiger partial charge in [0.25, 0.3) is 0 Å². The van der Waals surface area contributed by atoms with Gasteiger partial charge in [-0.15, -0.1) is 11.3 Å². The number of ketones is 1. The number of amides is 1. The van der Waals surface area contributed by atoms with Gasteiger partial charge in [-0.25, -0.2) is 5.48 Å². The molecule has 3 unspecified atom stereocenters. The molecule has 1 saturated heterocycles. The molecule has 1 amide bonds. The van der Waals surface area contributed by atoms with Gasteiger partial charge in [-0.05, 0) is 48.1 Å². The van der Waals surface area contributed by atoms with Gasteiger partial charge < -0.3 is 10.6 Å². The van der Waals surface area contributed by atoms with Gasteiger partial charge in [-0.1, -0.05) is 12.1 Å². The van der Waals surface area contributed by atoms with Gasteiger partial charge in [0.1, 0.15) is 0 Å². The number of piperidine rings is 1. The summed E-state index contributed by atoms with van der Waals surface area (Å²) in [7, 11) is 0. The highest BCUT2D eigenvalue weighted by atomic mass is 32.1. The first-order valence-electron chi connectivity index (χ1n) is 8.79. The molecular formula is C18H23N3O3S. The average molecular weight is 361 g/mol. The van der Waals surface area contributed by atoms with Crippen molar-refractivity contribution in [2.45, 2.75) is 37.8 Å². The molecule has 25 heavy (non-hydrogen) atoms. The number of thiophene rings is 1. The first-order valence-corrected chi connectivity index (χ1v) is 9.67. The Kier molecular flexibility index (Phi) is 4.49. The van der Waals surface area contributed by atoms with E-state index in [2.05, 4.69) is 22.8 Å². The van der Waals surface area contributed by atoms with Crippen molar-refractivity contribution in [2.75, 3.05) is 13.1 Å². The van der Waals surface area contributed by atoms with E-state index in [1.54, 1.807) is 16.8 Å². The standard InChI is InChI=1S/C18H23N3O3S/c22-16(13-8-11(3-6-19-13)14-2-1-7-25-14)15-12(17(23)21-24)9-18(4-5-18)10-20-15/h1-3,7,12-13,15,19-20,24H,4-6,8-10H2,(H,21,23). The lowest BCUT2D eigenvalue weighted by atomic mass is 9.78. The molecule has 2 aliphatic heterocycles. The fraction of sp³-hybridized carbons (Fsp3) is 0.556. The summed E-state index contributed by atoms with van der Waals surface area (Å²) in [6.45, 7) is 1.43. The van der Waals surface area contributed by atoms with Crippen LogP contribution in [0.5, 0.6) is 0 Å². The minimum atomic E-state index is -0.543. The number of hydrogen-bond donors (Lipinski definition) is 4. The van der Waals surface area contributed by atoms with Crippen LogP contribution in [0.25, 0.3) is 5.57 Å². The average Bonchev–Trinajstić information content (AvgIpc) is 3.18. The largest absolute Gasteiger partial charge is 0.306 e. The second-order valence-corrected chi connectivity index (χ2v) is 8.37. The third kappa shape index (κ3) is 3.29. The maximum Gasteiger partial charge on any atom is 0.248 e. The van der Waals surface area contributed by atoms with Crippen molar-refractivity contribution < 1.29 is 14.8 Å². The Balaban J connectivity index is 1.49. The molecule has 3 atom stereocenters. The van der Waals surface area contributed by atoms with E-state index in [1.165, 1.54) is 10.5 Å². The van der Waals surface area contributed by atoms with Crippen molar-refractivity contribution in [1.82, 2.24) is 16.1 Å². The van der Waals surface area contributed by atoms with Crippen LogP contribution < -0.4 is 16.1 Å². The van der Waals surface area contributed by atoms with Gasteiger partial charge in [0, 0.05) is 18.0 Å². The molecule has 2 fully saturated rings. The molecule has 0 aromatic carbocycles. The highest BCUT2D eigenvalue weighted by Crippen LogP contribution is 2.52. The lowest BCUT2D eigenvalue weighted by molar-refractivity contribution is -0.140. The molecule has 1 aromatic rings. The Morgan fingerprint density at radius 1 is 1.32 bits per heavy atom. The molecule has 1 spiro atoms. The SMILES string of the molecule is O=C(NO)C1CC2(CC2)CNC1C(=O)C1CC(c2cccs2)=CCN1. The van der Waals surface area contributed by atoms with Gasteiger partial charge in [0.15, 0.2) is 5.78 Å². The van der Waals surface area contributed by atoms with Crippen molar-refractivity contribution in [2.24, 2.45) is 11.3 Å². The van der Waals surface area contributed by atoms with Crippen LogP contribution >= 0.6 is 11.3 Å². The Bertz CT molecular complexity index is 696. The van der Waals surface area contributed by atoms with Crippen molar-refractivity contribution in [3.63, 3.8) is 0 Å². The van der Waals surface area contributed by atoms with E-state index in [1.807, 2.05) is 11.4 Å². The van der Waals surface area contributed by atoms with Crippen molar-refractivity contribution in [1.29, 1.82) is 0 Å². The molecule has 3 aliphatic rings. The van der Waals surface area contributed by atoms with E-state index in [0.29, 0.717) is 19.4 Å². The highest BCUT2D eigenvalue weighted by molar-refractivity contribution is 7.11. The zero-order valence-electron chi connectivity index (χ0n) is 14.0. The molecule has 0 bridgehead atoms. The van der Waals surface area contributed by atoms with E-state index in [4.69, 9.17) is 5.21 Å². The Hall–Kier alpha value is -1.54. The van der Waals surface area contributed by atoms with Crippen molar-refractivity contribution >= 4 is 28.6 Å². The van der Waals surface area contributed by atoms with Gasteiger partial charge in [0.2, 0.25) is 5.91 Å². The molecule has 6 nitrogen and oxygen atoms in total. The molecular weight excluding hydrogens is 338 g/mol. The lowest BCUT2D eigenvalue weighted by Gasteiger charge is -2.37. The number of Topliss-reactive ketones (excluding diaryl/α,β-unsaturated/α-hetero) is 1. The van der Waals surface area contributed by atoms with E-state index >= 15 is 0 Å². The summed E-state index contributed by atoms with van der Waals surface area (Å²) in [5, 5.41) is 17.7. The molecule has 4 N–H and O–H groups in total. The smallest absolute Gasteiger partial charge is 0.248 e. The molecule has 0 radical (unpaired) electrons. The van der Waals surface area contributed by atoms with Crippen LogP contribution in [-0.2, 0) is 9.59 Å². The van der Waals surface area contributed by atoms with Crippen LogP contribution in [-0.4, -0.2) is 42.1 Å². The summed E-state index contributed by atoms with van der Waals surface area (Å²) in [5.74, 6) is -0.945. The number of carbonyl (C=O) groups is 2. The first kappa shape index (κ1) is 16.9. The minimum Gasteiger partial charge on any atom is -0.306 e. The number of nitrogens with one attached hydrogen (secondary N) is 3. The van der Waals surface area contributed by atoms with E-state index < -0.39 is 17.9 Å². The van der Waals surface area contributed by atoms with Gasteiger partial charge >= 0.3 is 0 Å². The van der Waals surface area contributed by atoms with Crippen molar-refractivity contribution in [3.8, 4) is 0 Å². The van der Waals surface area contributed by atoms with Crippen LogP contribution in [0.2, 0.25) is 0 Å². The van der Waals surface area contributed by atoms with Gasteiger partial charge in [0.05, 0.1) is 18.0 Å². The van der Waals surface area contributed by atoms with Gasteiger partial charge in [-0.3, -0.25) is 14.8 Å². The fourth-order valence-corrected chi connectivity index (χ4v) is 4.87. The van der Waals surface area contributed by atoms with E-state index in [0.717, 1.165) is 19.4 Å². The summed E-state index contributed by atoms with van der Waals surface area (Å²) in [5.41, 5.74) is 3.09. The second kappa shape index (κ2) is 6.64. The Labute approximate surface area is 150 Å². The predicted molar refractivity (Wildman–Crippen MR) is 95.2 cm³/mol. The van der Waals surface area contributed by atoms with E-state index in [-0.39, 0.29) is 17.2 Å². The topological polar surface area (TPSA) is 90.5 Å². The molecule has 1 saturated carbocycles. The number of hydroxylamine groups is 1. The zero-order valence-corrected chi connectivity index (χ0v) is 14.8. The van der Waals surface area contributed by atoms with Crippen LogP contribution in [0.3, 0.4) is 0 Å². The summed E-state index contributed by atoms with van der Waals surface area (Å²) in [4.78, 5) is 26.5. The molecule has 1 aromatic heterocycles. The van der Waals surface area contributed by atoms with Crippen LogP contribution in [0.15, 0.2) is 23.6 Å². The van der Waals surface area contributed by atoms with Crippen LogP contribution in [0.4, 0.5) is 0 Å². The van der Waals surface area contributed by atoms with Crippen LogP contribution in [0, 0.1) is 11.3 Å². The number of carbonyl (C=O) groups excluding carboxylic acids is 2. The normalized spacial score (nSPS) is 30.6. The molecule has 4 rings (SSSR count). The third-order valence-corrected chi connectivity index (χ3v) is 6.73. The Morgan fingerprint density at radius 3 is 2.84 bits per heavy atom. The lowest BCUT2D eigenvalue weighted by Crippen LogP contribution is -2.59. The maximum absolute atomic E-state index is 13.1. The highest BCUT2D eigenvalue weighted by Gasteiger charge is 2.52. The van der Waals surface area contributed by atoms with Gasteiger partial charge in [-0.2, -0.15) is 0 Å². The molecule has 7 heteroatoms. The second-order valence-electron chi connectivity index (χ2n) is 7.42. The number of hydrogen-bond acceptors (Lipinski definition) is 6. The van der Waals surface area contributed by atoms with Crippen molar-refractivity contribution in [3.05, 3.63) is 28.5 Å². The minimum absolute atomic E-state index is 0.0197. The zero-order chi connectivity index (χ0) is 17.4. The molecule has 1 aliphatic carbocycles. The maximum atomic E-state index is 13.1. The predicted octanol–water partition coefficient (Wildman–Crippen LogP) is 1.33. The number of rotatable bonds is 4. The summed E-state index contributed by atoms with van der Waals surface area (Å²) in [6.07, 6.45) is 5.60. The Morgan fingerprint density at radius 2 is 2.16 bits per heavy atom. The third-order valence-electron chi connectivity index (χ3n) is 5.78. The fourth-order valence-electron chi connectivity index (χ4n) is 4.09.